The van der Waals surface area contributed by atoms with Gasteiger partial charge in [0.05, 0.1) is 52.9 Å². The lowest BCUT2D eigenvalue weighted by Gasteiger charge is -2.31. The molecule has 320 valence electrons. The Labute approximate surface area is 355 Å². The molecule has 0 radical (unpaired) electrons. The molecule has 0 N–H and O–H groups in total. The summed E-state index contributed by atoms with van der Waals surface area (Å²) in [7, 11) is 0. The molecule has 0 aliphatic carbocycles. The van der Waals surface area contributed by atoms with Crippen LogP contribution in [0.15, 0.2) is 122 Å². The second-order valence-corrected chi connectivity index (χ2v) is 14.5. The highest BCUT2D eigenvalue weighted by Crippen LogP contribution is 2.26. The Morgan fingerprint density at radius 2 is 0.783 bits per heavy atom. The first-order chi connectivity index (χ1) is 29.5. The van der Waals surface area contributed by atoms with Gasteiger partial charge in [-0.15, -0.1) is 0 Å². The standard InChI is InChI=1S/C50H60O10/c1-3-47(51)55-33-13-9-5-7-11-31-53-45-27-23-43(24-28-45)41-19-15-39(16-20-41)37-59-49-50(58-36-35-57-49)60-38-40-17-21-42(22-18-40)44-25-29-46(30-26-44)54-32-12-8-6-10-14-34-56-48(52)4-2/h3-4,15-30,49-50H,1-2,5-14,31-38H2. The second-order valence-electron chi connectivity index (χ2n) is 14.5. The highest BCUT2D eigenvalue weighted by Gasteiger charge is 2.28. The molecule has 2 atom stereocenters. The third-order valence-corrected chi connectivity index (χ3v) is 9.92. The highest BCUT2D eigenvalue weighted by molar-refractivity contribution is 5.81. The van der Waals surface area contributed by atoms with Crippen LogP contribution in [0.1, 0.15) is 75.3 Å². The molecule has 1 heterocycles. The lowest BCUT2D eigenvalue weighted by molar-refractivity contribution is -0.326. The monoisotopic (exact) mass is 820 g/mol. The van der Waals surface area contributed by atoms with Crippen molar-refractivity contribution in [2.24, 2.45) is 0 Å². The van der Waals surface area contributed by atoms with Crippen molar-refractivity contribution >= 4 is 11.9 Å². The smallest absolute Gasteiger partial charge is 0.330 e. The fraction of sp³-hybridized carbons (Fsp3) is 0.400. The van der Waals surface area contributed by atoms with Gasteiger partial charge in [0, 0.05) is 12.2 Å². The molecular formula is C50H60O10. The van der Waals surface area contributed by atoms with Gasteiger partial charge >= 0.3 is 11.9 Å². The summed E-state index contributed by atoms with van der Waals surface area (Å²) in [6.45, 7) is 10.6. The van der Waals surface area contributed by atoms with Gasteiger partial charge in [0.25, 0.3) is 0 Å². The summed E-state index contributed by atoms with van der Waals surface area (Å²) in [6, 6.07) is 32.9. The molecule has 5 rings (SSSR count). The van der Waals surface area contributed by atoms with Gasteiger partial charge < -0.3 is 37.9 Å². The first-order valence-corrected chi connectivity index (χ1v) is 21.2. The van der Waals surface area contributed by atoms with Gasteiger partial charge in [0.2, 0.25) is 12.6 Å². The van der Waals surface area contributed by atoms with Crippen LogP contribution >= 0.6 is 0 Å². The summed E-state index contributed by atoms with van der Waals surface area (Å²) in [5.74, 6) is 0.991. The number of hydrogen-bond donors (Lipinski definition) is 0. The Balaban J connectivity index is 0.958. The van der Waals surface area contributed by atoms with Gasteiger partial charge in [-0.05, 0) is 83.3 Å². The van der Waals surface area contributed by atoms with Crippen molar-refractivity contribution in [3.05, 3.63) is 133 Å². The normalized spacial score (nSPS) is 14.9. The van der Waals surface area contributed by atoms with Crippen LogP contribution in [0, 0.1) is 0 Å². The molecule has 1 saturated heterocycles. The van der Waals surface area contributed by atoms with E-state index in [0.717, 1.165) is 109 Å². The third kappa shape index (κ3) is 16.8. The third-order valence-electron chi connectivity index (χ3n) is 9.92. The maximum atomic E-state index is 11.1. The highest BCUT2D eigenvalue weighted by atomic mass is 16.8. The van der Waals surface area contributed by atoms with E-state index in [0.29, 0.717) is 52.9 Å². The summed E-state index contributed by atoms with van der Waals surface area (Å²) >= 11 is 0. The number of unbranched alkanes of at least 4 members (excludes halogenated alkanes) is 8. The minimum absolute atomic E-state index is 0.361. The van der Waals surface area contributed by atoms with E-state index in [1.165, 1.54) is 12.2 Å². The van der Waals surface area contributed by atoms with E-state index >= 15 is 0 Å². The molecule has 1 aliphatic heterocycles. The zero-order chi connectivity index (χ0) is 42.0. The van der Waals surface area contributed by atoms with Crippen molar-refractivity contribution in [2.75, 3.05) is 39.6 Å². The van der Waals surface area contributed by atoms with E-state index in [1.54, 1.807) is 0 Å². The lowest BCUT2D eigenvalue weighted by Crippen LogP contribution is -2.41. The van der Waals surface area contributed by atoms with Crippen LogP contribution in [0.25, 0.3) is 22.3 Å². The Kier molecular flexibility index (Phi) is 20.4. The Morgan fingerprint density at radius 3 is 1.13 bits per heavy atom. The van der Waals surface area contributed by atoms with E-state index in [1.807, 2.05) is 24.3 Å². The number of carbonyl (C=O) groups is 2. The molecular weight excluding hydrogens is 761 g/mol. The maximum Gasteiger partial charge on any atom is 0.330 e. The molecule has 0 aromatic heterocycles. The predicted molar refractivity (Wildman–Crippen MR) is 232 cm³/mol. The molecule has 60 heavy (non-hydrogen) atoms. The quantitative estimate of drug-likeness (QED) is 0.0312. The zero-order valence-corrected chi connectivity index (χ0v) is 34.8. The van der Waals surface area contributed by atoms with Gasteiger partial charge in [-0.1, -0.05) is 124 Å². The molecule has 0 amide bonds. The molecule has 0 saturated carbocycles. The van der Waals surface area contributed by atoms with E-state index in [2.05, 4.69) is 86.0 Å². The minimum Gasteiger partial charge on any atom is -0.494 e. The molecule has 1 fully saturated rings. The first-order valence-electron chi connectivity index (χ1n) is 21.2. The average molecular weight is 821 g/mol. The van der Waals surface area contributed by atoms with Crippen LogP contribution in [0.4, 0.5) is 0 Å². The number of rotatable bonds is 28. The van der Waals surface area contributed by atoms with Crippen LogP contribution < -0.4 is 9.47 Å². The predicted octanol–water partition coefficient (Wildman–Crippen LogP) is 10.6. The van der Waals surface area contributed by atoms with Crippen molar-refractivity contribution in [3.8, 4) is 33.8 Å². The molecule has 1 aliphatic rings. The Bertz CT molecular complexity index is 1700. The van der Waals surface area contributed by atoms with E-state index in [4.69, 9.17) is 37.9 Å². The van der Waals surface area contributed by atoms with Crippen molar-refractivity contribution in [1.82, 2.24) is 0 Å². The van der Waals surface area contributed by atoms with Gasteiger partial charge in [-0.2, -0.15) is 0 Å². The topological polar surface area (TPSA) is 108 Å². The van der Waals surface area contributed by atoms with Gasteiger partial charge in [0.15, 0.2) is 0 Å². The van der Waals surface area contributed by atoms with Crippen LogP contribution in [0.5, 0.6) is 11.5 Å². The Hall–Kier alpha value is -5.26. The average Bonchev–Trinajstić information content (AvgIpc) is 3.30. The molecule has 10 nitrogen and oxygen atoms in total. The fourth-order valence-electron chi connectivity index (χ4n) is 6.48. The van der Waals surface area contributed by atoms with E-state index < -0.39 is 12.6 Å². The molecule has 10 heteroatoms. The van der Waals surface area contributed by atoms with Crippen LogP contribution in [-0.2, 0) is 51.2 Å². The van der Waals surface area contributed by atoms with E-state index in [9.17, 15) is 9.59 Å². The number of carbonyl (C=O) groups excluding carboxylic acids is 2. The summed E-state index contributed by atoms with van der Waals surface area (Å²) < 4.78 is 46.0. The van der Waals surface area contributed by atoms with Crippen molar-refractivity contribution < 1.29 is 47.5 Å². The molecule has 4 aromatic rings. The van der Waals surface area contributed by atoms with Crippen LogP contribution in [0.2, 0.25) is 0 Å². The largest absolute Gasteiger partial charge is 0.494 e. The van der Waals surface area contributed by atoms with Gasteiger partial charge in [-0.3, -0.25) is 0 Å². The molecule has 0 spiro atoms. The van der Waals surface area contributed by atoms with Crippen molar-refractivity contribution in [3.63, 3.8) is 0 Å². The van der Waals surface area contributed by atoms with Crippen LogP contribution in [0.3, 0.4) is 0 Å². The zero-order valence-electron chi connectivity index (χ0n) is 34.8. The van der Waals surface area contributed by atoms with Gasteiger partial charge in [-0.25, -0.2) is 9.59 Å². The second kappa shape index (κ2) is 26.8. The molecule has 4 aromatic carbocycles. The van der Waals surface area contributed by atoms with Crippen molar-refractivity contribution in [2.45, 2.75) is 90.0 Å². The Morgan fingerprint density at radius 1 is 0.467 bits per heavy atom. The maximum absolute atomic E-state index is 11.1. The van der Waals surface area contributed by atoms with Crippen LogP contribution in [-0.4, -0.2) is 64.2 Å². The summed E-state index contributed by atoms with van der Waals surface area (Å²) in [5, 5.41) is 0. The summed E-state index contributed by atoms with van der Waals surface area (Å²) in [4.78, 5) is 22.1. The van der Waals surface area contributed by atoms with E-state index in [-0.39, 0.29) is 11.9 Å². The first kappa shape index (κ1) is 45.8. The SMILES string of the molecule is C=CC(=O)OCCCCCCCOc1ccc(-c2ccc(COC3OCCOC3OCc3ccc(-c4ccc(OCCCCCCCOC(=O)C=C)cc4)cc3)cc2)cc1. The van der Waals surface area contributed by atoms with Gasteiger partial charge in [0.1, 0.15) is 11.5 Å². The number of hydrogen-bond acceptors (Lipinski definition) is 10. The number of ether oxygens (including phenoxy) is 8. The number of esters is 2. The molecule has 2 unspecified atom stereocenters. The van der Waals surface area contributed by atoms with Crippen molar-refractivity contribution in [1.29, 1.82) is 0 Å². The summed E-state index contributed by atoms with van der Waals surface area (Å²) in [6.07, 6.45) is 11.2. The number of benzene rings is 4. The molecule has 0 bridgehead atoms. The minimum atomic E-state index is -0.638. The summed E-state index contributed by atoms with van der Waals surface area (Å²) in [5.41, 5.74) is 6.48. The lowest BCUT2D eigenvalue weighted by atomic mass is 10.0. The fourth-order valence-corrected chi connectivity index (χ4v) is 6.48.